The van der Waals surface area contributed by atoms with Crippen molar-refractivity contribution in [2.24, 2.45) is 0 Å². The average Bonchev–Trinajstić information content (AvgIpc) is 2.36. The van der Waals surface area contributed by atoms with Crippen LogP contribution in [0, 0.1) is 0 Å². The van der Waals surface area contributed by atoms with Crippen molar-refractivity contribution in [3.05, 3.63) is 62.8 Å². The molecule has 106 valence electrons. The van der Waals surface area contributed by atoms with E-state index in [1.54, 1.807) is 24.3 Å². The summed E-state index contributed by atoms with van der Waals surface area (Å²) in [6, 6.07) is 8.69. The summed E-state index contributed by atoms with van der Waals surface area (Å²) in [5, 5.41) is 9.80. The molecule has 0 fully saturated rings. The molecule has 2 rings (SSSR count). The van der Waals surface area contributed by atoms with Crippen molar-refractivity contribution in [3.8, 4) is 0 Å². The fourth-order valence-electron chi connectivity index (χ4n) is 1.66. The summed E-state index contributed by atoms with van der Waals surface area (Å²) in [6.45, 7) is 0. The zero-order chi connectivity index (χ0) is 14.9. The topological polar surface area (TPSA) is 33.1 Å². The minimum Gasteiger partial charge on any atom is -0.384 e. The summed E-state index contributed by atoms with van der Waals surface area (Å²) < 4.78 is 38.2. The Hall–Kier alpha value is -1.11. The molecule has 0 aliphatic heterocycles. The number of hydrogen-bond donors (Lipinski definition) is 1. The van der Waals surface area contributed by atoms with E-state index in [0.717, 1.165) is 16.6 Å². The van der Waals surface area contributed by atoms with Crippen LogP contribution in [0.4, 0.5) is 13.2 Å². The van der Waals surface area contributed by atoms with E-state index in [0.29, 0.717) is 5.56 Å². The molecule has 1 aromatic heterocycles. The lowest BCUT2D eigenvalue weighted by atomic mass is 10.0. The van der Waals surface area contributed by atoms with E-state index >= 15 is 0 Å². The third-order valence-electron chi connectivity index (χ3n) is 2.63. The quantitative estimate of drug-likeness (QED) is 0.788. The normalized spacial score (nSPS) is 13.3. The number of benzene rings is 1. The molecule has 0 saturated carbocycles. The highest BCUT2D eigenvalue weighted by Gasteiger charge is 2.33. The second kappa shape index (κ2) is 5.71. The van der Waals surface area contributed by atoms with E-state index < -0.39 is 18.0 Å². The molecular weight excluding hydrogens is 358 g/mol. The van der Waals surface area contributed by atoms with E-state index in [2.05, 4.69) is 20.9 Å². The van der Waals surface area contributed by atoms with Crippen LogP contribution < -0.4 is 0 Å². The van der Waals surface area contributed by atoms with Gasteiger partial charge < -0.3 is 5.11 Å². The smallest absolute Gasteiger partial charge is 0.384 e. The Balaban J connectivity index is 2.38. The van der Waals surface area contributed by atoms with Crippen molar-refractivity contribution in [3.63, 3.8) is 0 Å². The van der Waals surface area contributed by atoms with Crippen LogP contribution in [-0.4, -0.2) is 10.1 Å². The maximum atomic E-state index is 12.5. The molecule has 0 aliphatic rings. The highest BCUT2D eigenvalue weighted by molar-refractivity contribution is 9.10. The Morgan fingerprint density at radius 2 is 1.90 bits per heavy atom. The number of hydrogen-bond acceptors (Lipinski definition) is 2. The number of aliphatic hydroxyl groups is 1. The Morgan fingerprint density at radius 3 is 2.45 bits per heavy atom. The van der Waals surface area contributed by atoms with E-state index in [9.17, 15) is 18.3 Å². The van der Waals surface area contributed by atoms with Gasteiger partial charge in [-0.1, -0.05) is 45.7 Å². The molecule has 0 bridgehead atoms. The van der Waals surface area contributed by atoms with Gasteiger partial charge in [-0.25, -0.2) is 4.98 Å². The van der Waals surface area contributed by atoms with Crippen molar-refractivity contribution in [1.29, 1.82) is 0 Å². The van der Waals surface area contributed by atoms with E-state index in [4.69, 9.17) is 11.6 Å². The lowest BCUT2D eigenvalue weighted by molar-refractivity contribution is -0.141. The van der Waals surface area contributed by atoms with Crippen molar-refractivity contribution in [2.75, 3.05) is 0 Å². The maximum absolute atomic E-state index is 12.5. The summed E-state index contributed by atoms with van der Waals surface area (Å²) in [4.78, 5) is 3.28. The molecule has 7 heteroatoms. The molecule has 2 aromatic rings. The first-order chi connectivity index (χ1) is 9.29. The molecule has 0 amide bonds. The predicted molar refractivity (Wildman–Crippen MR) is 72.5 cm³/mol. The molecule has 20 heavy (non-hydrogen) atoms. The molecule has 2 nitrogen and oxygen atoms in total. The number of pyridine rings is 1. The van der Waals surface area contributed by atoms with E-state index in [1.165, 1.54) is 0 Å². The summed E-state index contributed by atoms with van der Waals surface area (Å²) in [6.07, 6.45) is -5.71. The van der Waals surface area contributed by atoms with Crippen LogP contribution in [0.3, 0.4) is 0 Å². The van der Waals surface area contributed by atoms with Crippen LogP contribution in [0.1, 0.15) is 22.9 Å². The van der Waals surface area contributed by atoms with Gasteiger partial charge in [-0.15, -0.1) is 0 Å². The van der Waals surface area contributed by atoms with E-state index in [1.807, 2.05) is 0 Å². The Labute approximate surface area is 126 Å². The zero-order valence-electron chi connectivity index (χ0n) is 9.83. The van der Waals surface area contributed by atoms with Crippen molar-refractivity contribution in [1.82, 2.24) is 4.98 Å². The molecule has 1 N–H and O–H groups in total. The SMILES string of the molecule is OC(c1cccc(Br)c1)c1ccc(C(F)(F)F)nc1Cl. The molecule has 1 aromatic carbocycles. The van der Waals surface area contributed by atoms with Gasteiger partial charge in [0.25, 0.3) is 0 Å². The highest BCUT2D eigenvalue weighted by atomic mass is 79.9. The number of nitrogens with zero attached hydrogens (tertiary/aromatic N) is 1. The monoisotopic (exact) mass is 365 g/mol. The number of aromatic nitrogens is 1. The summed E-state index contributed by atoms with van der Waals surface area (Å²) >= 11 is 8.99. The molecular formula is C13H8BrClF3NO. The standard InChI is InChI=1S/C13H8BrClF3NO/c14-8-3-1-2-7(6-8)11(20)9-4-5-10(13(16,17)18)19-12(9)15/h1-6,11,20H. The number of rotatable bonds is 2. The minimum atomic E-state index is -4.57. The highest BCUT2D eigenvalue weighted by Crippen LogP contribution is 2.33. The third kappa shape index (κ3) is 3.31. The maximum Gasteiger partial charge on any atom is 0.433 e. The fraction of sp³-hybridized carbons (Fsp3) is 0.154. The second-order valence-electron chi connectivity index (χ2n) is 4.03. The van der Waals surface area contributed by atoms with Crippen molar-refractivity contribution in [2.45, 2.75) is 12.3 Å². The summed E-state index contributed by atoms with van der Waals surface area (Å²) in [5.74, 6) is 0. The molecule has 1 unspecified atom stereocenters. The van der Waals surface area contributed by atoms with Crippen molar-refractivity contribution >= 4 is 27.5 Å². The van der Waals surface area contributed by atoms with Crippen LogP contribution in [-0.2, 0) is 6.18 Å². The van der Waals surface area contributed by atoms with Gasteiger partial charge >= 0.3 is 6.18 Å². The molecule has 0 spiro atoms. The van der Waals surface area contributed by atoms with Crippen LogP contribution in [0.15, 0.2) is 40.9 Å². The van der Waals surface area contributed by atoms with Gasteiger partial charge in [0.15, 0.2) is 0 Å². The molecule has 1 heterocycles. The van der Waals surface area contributed by atoms with Gasteiger partial charge in [0.05, 0.1) is 0 Å². The Bertz CT molecular complexity index is 633. The summed E-state index contributed by atoms with van der Waals surface area (Å²) in [5.41, 5.74) is -0.465. The van der Waals surface area contributed by atoms with Gasteiger partial charge in [-0.05, 0) is 23.8 Å². The van der Waals surface area contributed by atoms with Crippen LogP contribution >= 0.6 is 27.5 Å². The van der Waals surface area contributed by atoms with Gasteiger partial charge in [0.2, 0.25) is 0 Å². The van der Waals surface area contributed by atoms with E-state index in [-0.39, 0.29) is 10.7 Å². The van der Waals surface area contributed by atoms with Crippen LogP contribution in [0.5, 0.6) is 0 Å². The lowest BCUT2D eigenvalue weighted by Gasteiger charge is -2.14. The van der Waals surface area contributed by atoms with Crippen LogP contribution in [0.2, 0.25) is 5.15 Å². The Morgan fingerprint density at radius 1 is 1.20 bits per heavy atom. The van der Waals surface area contributed by atoms with Gasteiger partial charge in [0, 0.05) is 10.0 Å². The molecule has 0 radical (unpaired) electrons. The van der Waals surface area contributed by atoms with Gasteiger partial charge in [0.1, 0.15) is 17.0 Å². The lowest BCUT2D eigenvalue weighted by Crippen LogP contribution is -2.10. The third-order valence-corrected chi connectivity index (χ3v) is 3.42. The summed E-state index contributed by atoms with van der Waals surface area (Å²) in [7, 11) is 0. The zero-order valence-corrected chi connectivity index (χ0v) is 12.2. The first kappa shape index (κ1) is 15.3. The number of aliphatic hydroxyl groups excluding tert-OH is 1. The van der Waals surface area contributed by atoms with Crippen LogP contribution in [0.25, 0.3) is 0 Å². The molecule has 0 saturated heterocycles. The van der Waals surface area contributed by atoms with Gasteiger partial charge in [-0.3, -0.25) is 0 Å². The molecule has 1 atom stereocenters. The fourth-order valence-corrected chi connectivity index (χ4v) is 2.34. The molecule has 0 aliphatic carbocycles. The number of alkyl halides is 3. The average molecular weight is 367 g/mol. The minimum absolute atomic E-state index is 0.123. The van der Waals surface area contributed by atoms with Gasteiger partial charge in [-0.2, -0.15) is 13.2 Å². The Kier molecular flexibility index (Phi) is 4.36. The first-order valence-electron chi connectivity index (χ1n) is 5.46. The largest absolute Gasteiger partial charge is 0.433 e. The predicted octanol–water partition coefficient (Wildman–Crippen LogP) is 4.60. The number of halogens is 5. The second-order valence-corrected chi connectivity index (χ2v) is 5.31. The first-order valence-corrected chi connectivity index (χ1v) is 6.63. The van der Waals surface area contributed by atoms with Crippen molar-refractivity contribution < 1.29 is 18.3 Å².